The maximum atomic E-state index is 13.2. The van der Waals surface area contributed by atoms with E-state index in [9.17, 15) is 13.2 Å². The highest BCUT2D eigenvalue weighted by molar-refractivity contribution is 5.86. The second-order valence-electron chi connectivity index (χ2n) is 8.22. The number of hydrogen-bond donors (Lipinski definition) is 1. The number of piperidine rings is 1. The summed E-state index contributed by atoms with van der Waals surface area (Å²) in [4.78, 5) is 5.82. The summed E-state index contributed by atoms with van der Waals surface area (Å²) in [6, 6.07) is 4.14. The summed E-state index contributed by atoms with van der Waals surface area (Å²) >= 11 is 0. The van der Waals surface area contributed by atoms with Crippen LogP contribution in [0, 0.1) is 17.8 Å². The van der Waals surface area contributed by atoms with Crippen molar-refractivity contribution in [3.63, 3.8) is 0 Å². The summed E-state index contributed by atoms with van der Waals surface area (Å²) in [5, 5.41) is 0.773. The van der Waals surface area contributed by atoms with Crippen LogP contribution in [0.1, 0.15) is 43.0 Å². The standard InChI is InChI=1S/C20H25F3N2/c1-11(2)18-15-10-25(3)7-6-12(15)8-17-19(18)14-9-13(20(21,22)23)4-5-16(14)24-17/h4-5,9,11-12,15,18,24H,6-8,10H2,1-3H3/t12?,15-,18+/m1/s1. The van der Waals surface area contributed by atoms with Crippen LogP contribution in [0.15, 0.2) is 18.2 Å². The number of rotatable bonds is 1. The normalized spacial score (nSPS) is 27.6. The molecule has 0 bridgehead atoms. The lowest BCUT2D eigenvalue weighted by atomic mass is 9.64. The second kappa shape index (κ2) is 5.76. The van der Waals surface area contributed by atoms with Crippen LogP contribution in [0.3, 0.4) is 0 Å². The molecule has 2 nitrogen and oxygen atoms in total. The van der Waals surface area contributed by atoms with Crippen molar-refractivity contribution >= 4 is 10.9 Å². The van der Waals surface area contributed by atoms with Gasteiger partial charge in [-0.05, 0) is 73.9 Å². The van der Waals surface area contributed by atoms with Gasteiger partial charge in [0.25, 0.3) is 0 Å². The minimum absolute atomic E-state index is 0.314. The van der Waals surface area contributed by atoms with Gasteiger partial charge in [-0.15, -0.1) is 0 Å². The van der Waals surface area contributed by atoms with Crippen LogP contribution in [0.4, 0.5) is 13.2 Å². The predicted octanol–water partition coefficient (Wildman–Crippen LogP) is 5.05. The quantitative estimate of drug-likeness (QED) is 0.762. The van der Waals surface area contributed by atoms with Crippen LogP contribution in [0.2, 0.25) is 0 Å². The van der Waals surface area contributed by atoms with Crippen molar-refractivity contribution in [2.75, 3.05) is 20.1 Å². The van der Waals surface area contributed by atoms with Crippen LogP contribution in [0.25, 0.3) is 10.9 Å². The number of hydrogen-bond acceptors (Lipinski definition) is 1. The molecular formula is C20H25F3N2. The highest BCUT2D eigenvalue weighted by Crippen LogP contribution is 2.49. The third-order valence-corrected chi connectivity index (χ3v) is 6.24. The van der Waals surface area contributed by atoms with Crippen molar-refractivity contribution in [2.45, 2.75) is 38.8 Å². The Bertz CT molecular complexity index is 790. The topological polar surface area (TPSA) is 19.0 Å². The van der Waals surface area contributed by atoms with E-state index in [4.69, 9.17) is 0 Å². The van der Waals surface area contributed by atoms with Crippen molar-refractivity contribution in [2.24, 2.45) is 17.8 Å². The molecule has 1 aromatic carbocycles. The Kier molecular flexibility index (Phi) is 3.91. The molecule has 2 heterocycles. The molecule has 1 N–H and O–H groups in total. The number of nitrogens with one attached hydrogen (secondary N) is 1. The molecule has 1 fully saturated rings. The fourth-order valence-corrected chi connectivity index (χ4v) is 5.15. The number of aromatic nitrogens is 1. The molecular weight excluding hydrogens is 325 g/mol. The van der Waals surface area contributed by atoms with Crippen LogP contribution < -0.4 is 0 Å². The molecule has 0 saturated carbocycles. The molecule has 1 aliphatic heterocycles. The molecule has 136 valence electrons. The lowest BCUT2D eigenvalue weighted by Crippen LogP contribution is -2.45. The Morgan fingerprint density at radius 3 is 2.68 bits per heavy atom. The third kappa shape index (κ3) is 2.77. The minimum Gasteiger partial charge on any atom is -0.358 e. The fraction of sp³-hybridized carbons (Fsp3) is 0.600. The fourth-order valence-electron chi connectivity index (χ4n) is 5.15. The Morgan fingerprint density at radius 2 is 2.00 bits per heavy atom. The third-order valence-electron chi connectivity index (χ3n) is 6.24. The van der Waals surface area contributed by atoms with E-state index in [1.54, 1.807) is 6.07 Å². The van der Waals surface area contributed by atoms with Crippen molar-refractivity contribution in [1.29, 1.82) is 0 Å². The number of halogens is 3. The monoisotopic (exact) mass is 350 g/mol. The van der Waals surface area contributed by atoms with Gasteiger partial charge >= 0.3 is 6.18 Å². The van der Waals surface area contributed by atoms with E-state index in [0.29, 0.717) is 23.7 Å². The Labute approximate surface area is 146 Å². The molecule has 4 rings (SSSR count). The van der Waals surface area contributed by atoms with Gasteiger partial charge in [0.05, 0.1) is 5.56 Å². The zero-order valence-electron chi connectivity index (χ0n) is 15.0. The largest absolute Gasteiger partial charge is 0.416 e. The first kappa shape index (κ1) is 17.0. The summed E-state index contributed by atoms with van der Waals surface area (Å²) < 4.78 is 39.6. The van der Waals surface area contributed by atoms with Crippen LogP contribution in [0.5, 0.6) is 0 Å². The molecule has 1 unspecified atom stereocenters. The zero-order valence-corrected chi connectivity index (χ0v) is 15.0. The van der Waals surface area contributed by atoms with E-state index in [0.717, 1.165) is 36.0 Å². The number of nitrogens with zero attached hydrogens (tertiary/aromatic N) is 1. The Balaban J connectivity index is 1.88. The first-order valence-electron chi connectivity index (χ1n) is 9.16. The van der Waals surface area contributed by atoms with E-state index >= 15 is 0 Å². The number of fused-ring (bicyclic) bond motifs is 4. The molecule has 3 atom stereocenters. The summed E-state index contributed by atoms with van der Waals surface area (Å²) in [6.45, 7) is 6.56. The van der Waals surface area contributed by atoms with E-state index in [1.807, 2.05) is 0 Å². The molecule has 2 aliphatic rings. The van der Waals surface area contributed by atoms with Gasteiger partial charge in [-0.25, -0.2) is 0 Å². The van der Waals surface area contributed by atoms with Crippen molar-refractivity contribution in [3.8, 4) is 0 Å². The van der Waals surface area contributed by atoms with Crippen LogP contribution >= 0.6 is 0 Å². The Hall–Kier alpha value is -1.49. The first-order valence-corrected chi connectivity index (χ1v) is 9.16. The van der Waals surface area contributed by atoms with Gasteiger partial charge in [0, 0.05) is 23.1 Å². The Morgan fingerprint density at radius 1 is 1.24 bits per heavy atom. The summed E-state index contributed by atoms with van der Waals surface area (Å²) in [7, 11) is 2.15. The highest BCUT2D eigenvalue weighted by atomic mass is 19.4. The number of H-pyrrole nitrogens is 1. The minimum atomic E-state index is -4.30. The van der Waals surface area contributed by atoms with Gasteiger partial charge in [-0.3, -0.25) is 0 Å². The molecule has 1 saturated heterocycles. The smallest absolute Gasteiger partial charge is 0.358 e. The summed E-state index contributed by atoms with van der Waals surface area (Å²) in [6.07, 6.45) is -2.16. The molecule has 1 aliphatic carbocycles. The van der Waals surface area contributed by atoms with Crippen LogP contribution in [-0.4, -0.2) is 30.0 Å². The predicted molar refractivity (Wildman–Crippen MR) is 93.7 cm³/mol. The molecule has 0 amide bonds. The maximum absolute atomic E-state index is 13.2. The van der Waals surface area contributed by atoms with E-state index in [2.05, 4.69) is 30.8 Å². The summed E-state index contributed by atoms with van der Waals surface area (Å²) in [5.41, 5.74) is 2.61. The molecule has 0 spiro atoms. The number of alkyl halides is 3. The average molecular weight is 350 g/mol. The van der Waals surface area contributed by atoms with Crippen molar-refractivity contribution in [3.05, 3.63) is 35.0 Å². The lowest BCUT2D eigenvalue weighted by Gasteiger charge is -2.46. The van der Waals surface area contributed by atoms with Gasteiger partial charge in [0.1, 0.15) is 0 Å². The van der Waals surface area contributed by atoms with Crippen molar-refractivity contribution < 1.29 is 13.2 Å². The van der Waals surface area contributed by atoms with Gasteiger partial charge < -0.3 is 9.88 Å². The maximum Gasteiger partial charge on any atom is 0.416 e. The molecule has 1 aromatic heterocycles. The van der Waals surface area contributed by atoms with Gasteiger partial charge in [-0.2, -0.15) is 13.2 Å². The van der Waals surface area contributed by atoms with Crippen LogP contribution in [-0.2, 0) is 12.6 Å². The molecule has 0 radical (unpaired) electrons. The average Bonchev–Trinajstić information content (AvgIpc) is 2.88. The highest BCUT2D eigenvalue weighted by Gasteiger charge is 2.42. The number of aromatic amines is 1. The zero-order chi connectivity index (χ0) is 17.9. The van der Waals surface area contributed by atoms with Gasteiger partial charge in [0.15, 0.2) is 0 Å². The molecule has 5 heteroatoms. The lowest BCUT2D eigenvalue weighted by molar-refractivity contribution is -0.137. The van der Waals surface area contributed by atoms with E-state index in [-0.39, 0.29) is 0 Å². The van der Waals surface area contributed by atoms with Crippen molar-refractivity contribution in [1.82, 2.24) is 9.88 Å². The van der Waals surface area contributed by atoms with Gasteiger partial charge in [-0.1, -0.05) is 13.8 Å². The van der Waals surface area contributed by atoms with E-state index in [1.165, 1.54) is 24.2 Å². The second-order valence-corrected chi connectivity index (χ2v) is 8.22. The van der Waals surface area contributed by atoms with E-state index < -0.39 is 11.7 Å². The van der Waals surface area contributed by atoms with Gasteiger partial charge in [0.2, 0.25) is 0 Å². The first-order chi connectivity index (χ1) is 11.8. The molecule has 25 heavy (non-hydrogen) atoms. The number of benzene rings is 1. The molecule has 2 aromatic rings. The SMILES string of the molecule is CC(C)[C@@H]1c2c([nH]c3ccc(C(F)(F)F)cc23)CC2CCN(C)C[C@H]21. The summed E-state index contributed by atoms with van der Waals surface area (Å²) in [5.74, 6) is 1.88. The number of likely N-dealkylation sites (tertiary alicyclic amines) is 1.